The zero-order valence-electron chi connectivity index (χ0n) is 50.1. The van der Waals surface area contributed by atoms with E-state index in [9.17, 15) is 48.6 Å². The van der Waals surface area contributed by atoms with E-state index in [0.29, 0.717) is 37.5 Å². The number of Topliss-reactive ketones (excluding diaryl/α,β-unsaturated/α-hetero) is 1. The molecule has 2 spiro atoms. The van der Waals surface area contributed by atoms with Gasteiger partial charge in [0.1, 0.15) is 53.6 Å². The van der Waals surface area contributed by atoms with Crippen molar-refractivity contribution in [1.82, 2.24) is 15.7 Å². The number of nitrogens with one attached hydrogen (secondary N) is 2. The van der Waals surface area contributed by atoms with Crippen LogP contribution in [0.1, 0.15) is 133 Å². The Balaban J connectivity index is 0.000000272. The third-order valence-corrected chi connectivity index (χ3v) is 16.1. The van der Waals surface area contributed by atoms with Crippen molar-refractivity contribution in [1.29, 1.82) is 0 Å². The van der Waals surface area contributed by atoms with E-state index in [1.165, 1.54) is 32.1 Å². The molecule has 0 aromatic rings. The van der Waals surface area contributed by atoms with E-state index < -0.39 is 83.7 Å². The number of carbonyl (C=O) groups excluding carboxylic acids is 8. The summed E-state index contributed by atoms with van der Waals surface area (Å²) in [6.07, 6.45) is 15.6. The van der Waals surface area contributed by atoms with Crippen molar-refractivity contribution in [3.63, 3.8) is 0 Å². The number of hydrogen-bond donors (Lipinski definition) is 5. The molecule has 7 saturated heterocycles. The van der Waals surface area contributed by atoms with Crippen molar-refractivity contribution in [3.8, 4) is 0 Å². The predicted octanol–water partition coefficient (Wildman–Crippen LogP) is 3.86. The van der Waals surface area contributed by atoms with Crippen molar-refractivity contribution in [2.75, 3.05) is 19.8 Å². The van der Waals surface area contributed by atoms with Crippen molar-refractivity contribution in [3.05, 3.63) is 71.9 Å². The van der Waals surface area contributed by atoms with E-state index in [-0.39, 0.29) is 111 Å². The highest BCUT2D eigenvalue weighted by Gasteiger charge is 2.59. The number of hydrogen-bond acceptors (Lipinski definition) is 20. The molecule has 18 atom stereocenters. The third kappa shape index (κ3) is 19.9. The van der Waals surface area contributed by atoms with Gasteiger partial charge in [0.15, 0.2) is 0 Å². The molecule has 6 N–H and O–H groups in total. The first-order valence-electron chi connectivity index (χ1n) is 29.2. The molecule has 23 heteroatoms. The number of amides is 4. The fraction of sp³-hybridized carbons (Fsp3) is 0.672. The predicted molar refractivity (Wildman–Crippen MR) is 302 cm³/mol. The van der Waals surface area contributed by atoms with Gasteiger partial charge in [0.2, 0.25) is 11.8 Å². The van der Waals surface area contributed by atoms with Crippen LogP contribution >= 0.6 is 0 Å². The van der Waals surface area contributed by atoms with Crippen LogP contribution in [-0.4, -0.2) is 179 Å². The quantitative estimate of drug-likeness (QED) is 0.0338. The summed E-state index contributed by atoms with van der Waals surface area (Å²) in [4.78, 5) is 99.6. The molecule has 7 aliphatic rings. The fourth-order valence-electron chi connectivity index (χ4n) is 11.1. The smallest absolute Gasteiger partial charge is 0.335 e. The number of imide groups is 1. The molecule has 7 aliphatic heterocycles. The van der Waals surface area contributed by atoms with Crippen LogP contribution in [0.15, 0.2) is 71.9 Å². The summed E-state index contributed by atoms with van der Waals surface area (Å²) in [6.45, 7) is 18.8. The Labute approximate surface area is 492 Å². The Morgan fingerprint density at radius 1 is 0.655 bits per heavy atom. The number of carbonyl (C=O) groups is 8. The van der Waals surface area contributed by atoms with Gasteiger partial charge >= 0.3 is 17.9 Å². The van der Waals surface area contributed by atoms with Gasteiger partial charge in [0.05, 0.1) is 74.9 Å². The average molecular weight is 1180 g/mol. The third-order valence-electron chi connectivity index (χ3n) is 16.1. The van der Waals surface area contributed by atoms with E-state index in [2.05, 4.69) is 30.6 Å². The molecule has 0 unspecified atom stereocenters. The van der Waals surface area contributed by atoms with Crippen LogP contribution in [0, 0.1) is 11.8 Å². The Morgan fingerprint density at radius 2 is 1.06 bits per heavy atom. The number of aliphatic hydroxyl groups is 2. The van der Waals surface area contributed by atoms with E-state index >= 15 is 0 Å². The molecule has 4 amide bonds. The lowest BCUT2D eigenvalue weighted by Crippen LogP contribution is -2.50. The summed E-state index contributed by atoms with van der Waals surface area (Å²) in [5.74, 6) is -2.88. The molecule has 23 nitrogen and oxygen atoms in total. The largest absolute Gasteiger partial charge is 0.459 e. The maximum Gasteiger partial charge on any atom is 0.335 e. The number of nitrogens with two attached hydrogens (primary N) is 1. The van der Waals surface area contributed by atoms with Gasteiger partial charge in [-0.05, 0) is 91.2 Å². The van der Waals surface area contributed by atoms with Crippen LogP contribution in [-0.2, 0) is 81.1 Å². The summed E-state index contributed by atoms with van der Waals surface area (Å²) < 4.78 is 45.7. The molecule has 0 bridgehead atoms. The zero-order chi connectivity index (χ0) is 61.6. The molecular formula is C61H88N4O19. The highest BCUT2D eigenvalue weighted by molar-refractivity contribution is 6.01. The Kier molecular flexibility index (Phi) is 24.5. The van der Waals surface area contributed by atoms with Gasteiger partial charge in [-0.3, -0.25) is 33.6 Å². The Hall–Kier alpha value is -5.76. The van der Waals surface area contributed by atoms with E-state index in [1.807, 2.05) is 52.0 Å². The molecular weight excluding hydrogens is 1090 g/mol. The van der Waals surface area contributed by atoms with Crippen LogP contribution in [0.3, 0.4) is 0 Å². The second-order valence-corrected chi connectivity index (χ2v) is 23.5. The number of aliphatic hydroxyl groups excluding tert-OH is 2. The molecule has 0 aliphatic carbocycles. The lowest BCUT2D eigenvalue weighted by atomic mass is 9.87. The normalized spacial score (nSPS) is 35.0. The number of allylic oxidation sites excluding steroid dienone is 4. The number of ketones is 1. The van der Waals surface area contributed by atoms with Gasteiger partial charge in [0.25, 0.3) is 11.8 Å². The summed E-state index contributed by atoms with van der Waals surface area (Å²) in [5, 5.41) is 28.1. The van der Waals surface area contributed by atoms with Crippen LogP contribution in [0.2, 0.25) is 0 Å². The lowest BCUT2D eigenvalue weighted by molar-refractivity contribution is -0.202. The van der Waals surface area contributed by atoms with Gasteiger partial charge < -0.3 is 69.3 Å². The second-order valence-electron chi connectivity index (χ2n) is 23.5. The van der Waals surface area contributed by atoms with Crippen LogP contribution in [0.25, 0.3) is 0 Å². The Morgan fingerprint density at radius 3 is 1.44 bits per heavy atom. The van der Waals surface area contributed by atoms with E-state index in [0.717, 1.165) is 24.0 Å². The topological polar surface area (TPSA) is 320 Å². The molecule has 0 aromatic carbocycles. The van der Waals surface area contributed by atoms with Crippen molar-refractivity contribution in [2.24, 2.45) is 17.6 Å². The number of epoxide rings is 2. The molecule has 0 saturated carbocycles. The minimum absolute atomic E-state index is 0.00217. The minimum Gasteiger partial charge on any atom is -0.459 e. The Bertz CT molecular complexity index is 2540. The molecule has 7 rings (SSSR count). The second kappa shape index (κ2) is 30.5. The molecule has 7 fully saturated rings. The first-order chi connectivity index (χ1) is 39.7. The molecule has 7 heterocycles. The van der Waals surface area contributed by atoms with Gasteiger partial charge in [0, 0.05) is 58.1 Å². The number of esters is 2. The van der Waals surface area contributed by atoms with Crippen molar-refractivity contribution in [2.45, 2.75) is 230 Å². The van der Waals surface area contributed by atoms with E-state index in [4.69, 9.17) is 48.5 Å². The lowest BCUT2D eigenvalue weighted by Gasteiger charge is -2.39. The molecule has 0 radical (unpaired) electrons. The number of nitrogens with zero attached hydrogens (tertiary/aromatic N) is 1. The monoisotopic (exact) mass is 1180 g/mol. The summed E-state index contributed by atoms with van der Waals surface area (Å²) in [7, 11) is 0. The van der Waals surface area contributed by atoms with Crippen LogP contribution in [0.5, 0.6) is 0 Å². The maximum atomic E-state index is 12.5. The first kappa shape index (κ1) is 67.4. The van der Waals surface area contributed by atoms with Crippen LogP contribution in [0.4, 0.5) is 0 Å². The fourth-order valence-corrected chi connectivity index (χ4v) is 11.1. The average Bonchev–Trinajstić information content (AvgIpc) is 1.88. The highest BCUT2D eigenvalue weighted by Crippen LogP contribution is 2.45. The molecule has 466 valence electrons. The van der Waals surface area contributed by atoms with Gasteiger partial charge in [-0.1, -0.05) is 61.4 Å². The van der Waals surface area contributed by atoms with E-state index in [1.54, 1.807) is 26.0 Å². The summed E-state index contributed by atoms with van der Waals surface area (Å²) in [5.41, 5.74) is 5.95. The van der Waals surface area contributed by atoms with Gasteiger partial charge in [-0.15, -0.1) is 5.06 Å². The maximum absolute atomic E-state index is 12.5. The zero-order valence-corrected chi connectivity index (χ0v) is 50.1. The molecule has 0 aromatic heterocycles. The van der Waals surface area contributed by atoms with Crippen molar-refractivity contribution < 1.29 is 91.3 Å². The summed E-state index contributed by atoms with van der Waals surface area (Å²) in [6, 6.07) is -0.283. The van der Waals surface area contributed by atoms with Crippen molar-refractivity contribution >= 4 is 47.3 Å². The standard InChI is InChI=1S/C32H44N2O11.C29H44N2O8/c1-18(6-9-25-19(2)14-24(21(4)43-25)33-27(36)11-8-20(3)42-22(5)35)7-10-26-31(40)32(17-41-32)16-23(44-26)15-30(39)45-34-28(37)12-13-29(34)38;1-17(7-10-26-28(35)29(16-36-29)14-23(39-26)13-22(33)15-30)6-9-25-18(2)12-24(20(4)38-25)31-27(34)11-8-19(3)37-21(5)32/h6-8,10-11,19-21,23-26,31,40H,9,12-17H2,1-5H3,(H,33,36);6-8,10-11,18-20,23-26,28,35H,9,12-16,30H2,1-5H3,(H,31,34)/b10-7+,11-8-,18-6+;10-7+,11-8-,17-6+/t19-,20-,21+,23+,24+,25-,26+,31+,32+;18-,19-,20+,23+,24+,25-,26+,28+,29+/m00/s1. The number of rotatable bonds is 22. The SMILES string of the molecule is CC(=O)O[C@@H](C)/C=C\C(=O)N[C@@H]1C[C@H](C)[C@H](C/C=C(C)/C=C/[C@H]2O[C@H](CC(=O)CN)C[C@@]3(CO3)[C@@H]2O)O[C@@H]1C.CC(=O)O[C@@H](C)/C=C\C(=O)N[C@@H]1C[C@H](C)[C@H](C/C=C(C)/C=C/[C@H]2O[C@H](CC(=O)ON3C(=O)CCC3=O)C[C@@]3(CO3)[C@@H]2O)O[C@@H]1C. The minimum atomic E-state index is -0.926. The highest BCUT2D eigenvalue weighted by atomic mass is 16.7. The van der Waals surface area contributed by atoms with Crippen LogP contribution < -0.4 is 16.4 Å². The summed E-state index contributed by atoms with van der Waals surface area (Å²) >= 11 is 0. The first-order valence-corrected chi connectivity index (χ1v) is 29.2. The van der Waals surface area contributed by atoms with Gasteiger partial charge in [-0.2, -0.15) is 0 Å². The van der Waals surface area contributed by atoms with Gasteiger partial charge in [-0.25, -0.2) is 4.79 Å². The molecule has 84 heavy (non-hydrogen) atoms. The number of hydroxylamine groups is 2. The number of ether oxygens (including phenoxy) is 8.